The summed E-state index contributed by atoms with van der Waals surface area (Å²) in [6.45, 7) is 1.26. The Labute approximate surface area is 105 Å². The molecule has 2 aliphatic rings. The highest BCUT2D eigenvalue weighted by molar-refractivity contribution is 5.51. The summed E-state index contributed by atoms with van der Waals surface area (Å²) in [4.78, 5) is 0. The Kier molecular flexibility index (Phi) is 2.80. The first-order chi connectivity index (χ1) is 8.66. The third kappa shape index (κ3) is 2.11. The molecule has 1 aromatic carbocycles. The number of fused-ring (bicyclic) bond motifs is 1. The summed E-state index contributed by atoms with van der Waals surface area (Å²) in [5.41, 5.74) is 0.202. The van der Waals surface area contributed by atoms with E-state index >= 15 is 0 Å². The summed E-state index contributed by atoms with van der Waals surface area (Å²) in [5.74, 6) is 1.42. The molecule has 1 fully saturated rings. The lowest BCUT2D eigenvalue weighted by Crippen LogP contribution is -2.45. The number of phenolic OH excluding ortho intramolecular Hbond substituents is 1. The van der Waals surface area contributed by atoms with Gasteiger partial charge in [0.1, 0.15) is 5.75 Å². The van der Waals surface area contributed by atoms with Gasteiger partial charge in [-0.15, -0.1) is 0 Å². The second kappa shape index (κ2) is 4.33. The third-order valence-corrected chi connectivity index (χ3v) is 3.63. The molecular formula is C13H17NO4. The van der Waals surface area contributed by atoms with E-state index in [4.69, 9.17) is 9.47 Å². The number of aromatic hydroxyl groups is 1. The van der Waals surface area contributed by atoms with Crippen LogP contribution in [-0.4, -0.2) is 29.2 Å². The molecule has 0 atom stereocenters. The molecule has 1 aromatic rings. The maximum Gasteiger partial charge on any atom is 0.231 e. The Bertz CT molecular complexity index is 457. The largest absolute Gasteiger partial charge is 0.507 e. The zero-order valence-electron chi connectivity index (χ0n) is 10.1. The lowest BCUT2D eigenvalue weighted by molar-refractivity contribution is -0.0315. The van der Waals surface area contributed by atoms with E-state index < -0.39 is 5.60 Å². The minimum atomic E-state index is -0.550. The second-order valence-corrected chi connectivity index (χ2v) is 5.02. The van der Waals surface area contributed by atoms with Gasteiger partial charge in [0, 0.05) is 24.7 Å². The molecule has 1 aliphatic carbocycles. The molecule has 0 unspecified atom stereocenters. The first-order valence-corrected chi connectivity index (χ1v) is 6.21. The van der Waals surface area contributed by atoms with Crippen molar-refractivity contribution in [3.63, 3.8) is 0 Å². The maximum atomic E-state index is 9.94. The van der Waals surface area contributed by atoms with Crippen LogP contribution in [0.15, 0.2) is 12.1 Å². The number of hydrogen-bond acceptors (Lipinski definition) is 5. The second-order valence-electron chi connectivity index (χ2n) is 5.02. The van der Waals surface area contributed by atoms with Crippen LogP contribution in [0, 0.1) is 0 Å². The van der Waals surface area contributed by atoms with Crippen molar-refractivity contribution in [3.05, 3.63) is 17.7 Å². The van der Waals surface area contributed by atoms with Gasteiger partial charge in [-0.3, -0.25) is 0 Å². The van der Waals surface area contributed by atoms with Crippen LogP contribution in [0.5, 0.6) is 17.2 Å². The van der Waals surface area contributed by atoms with Gasteiger partial charge in [0.05, 0.1) is 5.60 Å². The Morgan fingerprint density at radius 3 is 2.61 bits per heavy atom. The molecule has 5 heteroatoms. The summed E-state index contributed by atoms with van der Waals surface area (Å²) in [5, 5.41) is 22.9. The van der Waals surface area contributed by atoms with Gasteiger partial charge in [-0.2, -0.15) is 0 Å². The quantitative estimate of drug-likeness (QED) is 0.748. The smallest absolute Gasteiger partial charge is 0.231 e. The fourth-order valence-electron chi connectivity index (χ4n) is 2.31. The van der Waals surface area contributed by atoms with Gasteiger partial charge in [-0.25, -0.2) is 0 Å². The highest BCUT2D eigenvalue weighted by Gasteiger charge is 2.33. The van der Waals surface area contributed by atoms with Gasteiger partial charge in [-0.1, -0.05) is 0 Å². The summed E-state index contributed by atoms with van der Waals surface area (Å²) < 4.78 is 10.4. The highest BCUT2D eigenvalue weighted by Crippen LogP contribution is 2.37. The molecule has 0 saturated heterocycles. The number of benzene rings is 1. The van der Waals surface area contributed by atoms with E-state index in [0.717, 1.165) is 24.8 Å². The highest BCUT2D eigenvalue weighted by atomic mass is 16.7. The molecule has 0 bridgehead atoms. The van der Waals surface area contributed by atoms with Gasteiger partial charge in [-0.05, 0) is 25.3 Å². The molecule has 0 amide bonds. The van der Waals surface area contributed by atoms with Crippen LogP contribution in [0.4, 0.5) is 0 Å². The maximum absolute atomic E-state index is 9.94. The predicted octanol–water partition coefficient (Wildman–Crippen LogP) is 1.13. The van der Waals surface area contributed by atoms with E-state index in [0.29, 0.717) is 24.6 Å². The van der Waals surface area contributed by atoms with Gasteiger partial charge in [0.2, 0.25) is 6.79 Å². The summed E-state index contributed by atoms with van der Waals surface area (Å²) in [6.07, 6.45) is 2.80. The van der Waals surface area contributed by atoms with Gasteiger partial charge < -0.3 is 25.0 Å². The fraction of sp³-hybridized carbons (Fsp3) is 0.538. The van der Waals surface area contributed by atoms with Crippen molar-refractivity contribution >= 4 is 0 Å². The molecule has 0 radical (unpaired) electrons. The number of hydrogen-bond donors (Lipinski definition) is 3. The topological polar surface area (TPSA) is 71.0 Å². The van der Waals surface area contributed by atoms with E-state index in [2.05, 4.69) is 5.32 Å². The standard InChI is InChI=1S/C13H17NO4/c15-10-5-12-11(17-8-18-12)4-9(10)6-14-7-13(16)2-1-3-13/h4-5,14-16H,1-3,6-8H2. The van der Waals surface area contributed by atoms with Gasteiger partial charge in [0.15, 0.2) is 11.5 Å². The average molecular weight is 251 g/mol. The molecule has 5 nitrogen and oxygen atoms in total. The molecule has 18 heavy (non-hydrogen) atoms. The van der Waals surface area contributed by atoms with Crippen molar-refractivity contribution in [2.75, 3.05) is 13.3 Å². The van der Waals surface area contributed by atoms with Crippen LogP contribution in [-0.2, 0) is 6.54 Å². The van der Waals surface area contributed by atoms with Crippen LogP contribution < -0.4 is 14.8 Å². The van der Waals surface area contributed by atoms with E-state index in [1.54, 1.807) is 12.1 Å². The summed E-state index contributed by atoms with van der Waals surface area (Å²) in [6, 6.07) is 3.34. The van der Waals surface area contributed by atoms with Crippen LogP contribution in [0.2, 0.25) is 0 Å². The Hall–Kier alpha value is -1.46. The number of rotatable bonds is 4. The molecule has 98 valence electrons. The Morgan fingerprint density at radius 1 is 1.22 bits per heavy atom. The van der Waals surface area contributed by atoms with E-state index in [1.165, 1.54) is 0 Å². The predicted molar refractivity (Wildman–Crippen MR) is 64.7 cm³/mol. The average Bonchev–Trinajstić information content (AvgIpc) is 2.74. The van der Waals surface area contributed by atoms with E-state index in [9.17, 15) is 10.2 Å². The first-order valence-electron chi connectivity index (χ1n) is 6.21. The molecule has 1 heterocycles. The molecule has 1 saturated carbocycles. The molecule has 1 aliphatic heterocycles. The normalized spacial score (nSPS) is 19.6. The summed E-state index contributed by atoms with van der Waals surface area (Å²) in [7, 11) is 0. The number of aliphatic hydroxyl groups is 1. The van der Waals surface area contributed by atoms with Crippen molar-refractivity contribution < 1.29 is 19.7 Å². The summed E-state index contributed by atoms with van der Waals surface area (Å²) >= 11 is 0. The molecule has 0 spiro atoms. The number of phenols is 1. The fourth-order valence-corrected chi connectivity index (χ4v) is 2.31. The zero-order valence-corrected chi connectivity index (χ0v) is 10.1. The first kappa shape index (κ1) is 11.6. The van der Waals surface area contributed by atoms with Crippen molar-refractivity contribution in [1.82, 2.24) is 5.32 Å². The monoisotopic (exact) mass is 251 g/mol. The van der Waals surface area contributed by atoms with Crippen LogP contribution in [0.25, 0.3) is 0 Å². The van der Waals surface area contributed by atoms with Crippen LogP contribution in [0.1, 0.15) is 24.8 Å². The van der Waals surface area contributed by atoms with E-state index in [-0.39, 0.29) is 12.5 Å². The SMILES string of the molecule is Oc1cc2c(cc1CNCC1(O)CCC1)OCO2. The molecule has 3 rings (SSSR count). The van der Waals surface area contributed by atoms with Gasteiger partial charge >= 0.3 is 0 Å². The van der Waals surface area contributed by atoms with Crippen molar-refractivity contribution in [2.24, 2.45) is 0 Å². The Morgan fingerprint density at radius 2 is 1.94 bits per heavy atom. The number of nitrogens with one attached hydrogen (secondary N) is 1. The minimum Gasteiger partial charge on any atom is -0.507 e. The van der Waals surface area contributed by atoms with Crippen molar-refractivity contribution in [2.45, 2.75) is 31.4 Å². The van der Waals surface area contributed by atoms with E-state index in [1.807, 2.05) is 0 Å². The third-order valence-electron chi connectivity index (χ3n) is 3.63. The van der Waals surface area contributed by atoms with Crippen molar-refractivity contribution in [1.29, 1.82) is 0 Å². The van der Waals surface area contributed by atoms with Crippen LogP contribution >= 0.6 is 0 Å². The lowest BCUT2D eigenvalue weighted by atomic mass is 9.80. The molecule has 0 aromatic heterocycles. The minimum absolute atomic E-state index is 0.187. The molecule has 3 N–H and O–H groups in total. The van der Waals surface area contributed by atoms with Crippen molar-refractivity contribution in [3.8, 4) is 17.2 Å². The van der Waals surface area contributed by atoms with Gasteiger partial charge in [0.25, 0.3) is 0 Å². The zero-order chi connectivity index (χ0) is 12.6. The van der Waals surface area contributed by atoms with Crippen LogP contribution in [0.3, 0.4) is 0 Å². The lowest BCUT2D eigenvalue weighted by Gasteiger charge is -2.36. The number of ether oxygens (including phenoxy) is 2. The molecular weight excluding hydrogens is 234 g/mol. The Balaban J connectivity index is 1.62.